The Morgan fingerprint density at radius 1 is 0.778 bits per heavy atom. The van der Waals surface area contributed by atoms with Gasteiger partial charge in [-0.15, -0.1) is 0 Å². The molecule has 3 aromatic rings. The summed E-state index contributed by atoms with van der Waals surface area (Å²) in [5.74, 6) is -3.36. The van der Waals surface area contributed by atoms with Gasteiger partial charge in [0, 0.05) is 6.42 Å². The van der Waals surface area contributed by atoms with Crippen molar-refractivity contribution in [1.82, 2.24) is 5.32 Å². The van der Waals surface area contributed by atoms with Gasteiger partial charge in [-0.3, -0.25) is 4.79 Å². The topological polar surface area (TPSA) is 55.1 Å². The van der Waals surface area contributed by atoms with Crippen LogP contribution in [0.1, 0.15) is 28.7 Å². The molecule has 1 amide bonds. The van der Waals surface area contributed by atoms with E-state index in [-0.39, 0.29) is 18.1 Å². The second-order valence-corrected chi connectivity index (χ2v) is 8.22. The second-order valence-electron chi connectivity index (χ2n) is 8.22. The van der Waals surface area contributed by atoms with Crippen LogP contribution < -0.4 is 11.1 Å². The van der Waals surface area contributed by atoms with Crippen molar-refractivity contribution in [1.29, 1.82) is 0 Å². The normalized spacial score (nSPS) is 14.7. The Kier molecular flexibility index (Phi) is 7.73. The zero-order valence-corrected chi connectivity index (χ0v) is 18.4. The molecule has 0 aliphatic carbocycles. The first-order chi connectivity index (χ1) is 16.7. The zero-order chi connectivity index (χ0) is 26.7. The third-order valence-electron chi connectivity index (χ3n) is 5.49. The molecule has 36 heavy (non-hydrogen) atoms. The summed E-state index contributed by atoms with van der Waals surface area (Å²) in [6.45, 7) is 0. The Balaban J connectivity index is 2.27. The third-order valence-corrected chi connectivity index (χ3v) is 5.49. The molecule has 0 aliphatic rings. The lowest BCUT2D eigenvalue weighted by Crippen LogP contribution is -2.54. The van der Waals surface area contributed by atoms with Crippen LogP contribution in [0.4, 0.5) is 35.1 Å². The van der Waals surface area contributed by atoms with Gasteiger partial charge in [-0.1, -0.05) is 42.5 Å². The van der Waals surface area contributed by atoms with Gasteiger partial charge in [0.25, 0.3) is 0 Å². The Bertz CT molecular complexity index is 1190. The van der Waals surface area contributed by atoms with E-state index in [1.54, 1.807) is 30.3 Å². The number of nitrogens with two attached hydrogens (primary N) is 1. The Hall–Kier alpha value is -3.47. The van der Waals surface area contributed by atoms with Gasteiger partial charge in [-0.25, -0.2) is 8.78 Å². The van der Waals surface area contributed by atoms with Gasteiger partial charge in [0.1, 0.15) is 11.6 Å². The van der Waals surface area contributed by atoms with Crippen molar-refractivity contribution in [2.75, 3.05) is 0 Å². The van der Waals surface area contributed by atoms with Crippen LogP contribution >= 0.6 is 0 Å². The molecular formula is C25H20F8N2O. The lowest BCUT2D eigenvalue weighted by atomic mass is 9.77. The molecule has 3 aromatic carbocycles. The maximum absolute atomic E-state index is 14.5. The molecule has 0 radical (unpaired) electrons. The Morgan fingerprint density at radius 3 is 1.92 bits per heavy atom. The minimum Gasteiger partial charge on any atom is -0.341 e. The first kappa shape index (κ1) is 27.1. The van der Waals surface area contributed by atoms with Crippen LogP contribution in [0.25, 0.3) is 0 Å². The largest absolute Gasteiger partial charge is 0.416 e. The van der Waals surface area contributed by atoms with Crippen LogP contribution in [-0.2, 0) is 22.9 Å². The molecule has 192 valence electrons. The molecular weight excluding hydrogens is 496 g/mol. The van der Waals surface area contributed by atoms with E-state index in [2.05, 4.69) is 5.32 Å². The van der Waals surface area contributed by atoms with Crippen molar-refractivity contribution in [3.8, 4) is 0 Å². The van der Waals surface area contributed by atoms with Gasteiger partial charge in [0.05, 0.1) is 23.6 Å². The average Bonchev–Trinajstić information content (AvgIpc) is 2.77. The summed E-state index contributed by atoms with van der Waals surface area (Å²) in [6, 6.07) is 11.6. The van der Waals surface area contributed by atoms with Crippen molar-refractivity contribution in [2.45, 2.75) is 36.8 Å². The molecule has 0 bridgehead atoms. The van der Waals surface area contributed by atoms with E-state index in [0.29, 0.717) is 11.6 Å². The quantitative estimate of drug-likeness (QED) is 0.387. The van der Waals surface area contributed by atoms with Gasteiger partial charge in [0.15, 0.2) is 0 Å². The van der Waals surface area contributed by atoms with E-state index in [1.165, 1.54) is 0 Å². The summed E-state index contributed by atoms with van der Waals surface area (Å²) in [7, 11) is 0. The SMILES string of the molecule is NC(CC(F)(F)F)C(=O)NC(Cc1ccccc1)(c1ccc(F)cc1)c1cc(F)cc(C(F)(F)F)c1. The fraction of sp³-hybridized carbons (Fsp3) is 0.240. The highest BCUT2D eigenvalue weighted by Gasteiger charge is 2.42. The maximum Gasteiger partial charge on any atom is 0.416 e. The smallest absolute Gasteiger partial charge is 0.341 e. The first-order valence-corrected chi connectivity index (χ1v) is 10.5. The van der Waals surface area contributed by atoms with E-state index < -0.39 is 59.0 Å². The predicted octanol–water partition coefficient (Wildman–Crippen LogP) is 5.87. The summed E-state index contributed by atoms with van der Waals surface area (Å²) in [5.41, 5.74) is 2.05. The van der Waals surface area contributed by atoms with E-state index in [0.717, 1.165) is 30.3 Å². The van der Waals surface area contributed by atoms with E-state index >= 15 is 0 Å². The number of nitrogens with one attached hydrogen (secondary N) is 1. The average molecular weight is 516 g/mol. The van der Waals surface area contributed by atoms with Gasteiger partial charge >= 0.3 is 12.4 Å². The number of hydrogen-bond acceptors (Lipinski definition) is 2. The van der Waals surface area contributed by atoms with Gasteiger partial charge in [0.2, 0.25) is 5.91 Å². The molecule has 2 atom stereocenters. The monoisotopic (exact) mass is 516 g/mol. The summed E-state index contributed by atoms with van der Waals surface area (Å²) >= 11 is 0. The van der Waals surface area contributed by atoms with Gasteiger partial charge < -0.3 is 11.1 Å². The number of carbonyl (C=O) groups excluding carboxylic acids is 1. The number of amides is 1. The lowest BCUT2D eigenvalue weighted by Gasteiger charge is -2.38. The standard InChI is InChI=1S/C25H20F8N2O/c26-19-8-6-16(7-9-19)23(13-15-4-2-1-3-5-15,35-22(36)21(34)14-24(28,29)30)17-10-18(25(31,32)33)12-20(27)11-17/h1-12,21H,13-14,34H2,(H,35,36). The summed E-state index contributed by atoms with van der Waals surface area (Å²) in [6.07, 6.45) is -11.8. The molecule has 3 nitrogen and oxygen atoms in total. The van der Waals surface area contributed by atoms with Gasteiger partial charge in [-0.05, 0) is 47.0 Å². The van der Waals surface area contributed by atoms with Crippen LogP contribution in [0, 0.1) is 11.6 Å². The molecule has 0 fully saturated rings. The summed E-state index contributed by atoms with van der Waals surface area (Å²) in [4.78, 5) is 12.9. The van der Waals surface area contributed by atoms with Crippen LogP contribution in [0.3, 0.4) is 0 Å². The number of alkyl halides is 6. The van der Waals surface area contributed by atoms with Crippen LogP contribution in [0.5, 0.6) is 0 Å². The molecule has 0 saturated carbocycles. The van der Waals surface area contributed by atoms with Crippen molar-refractivity contribution >= 4 is 5.91 Å². The van der Waals surface area contributed by atoms with Crippen molar-refractivity contribution in [3.63, 3.8) is 0 Å². The number of rotatable bonds is 7. The highest BCUT2D eigenvalue weighted by atomic mass is 19.4. The van der Waals surface area contributed by atoms with Gasteiger partial charge in [-0.2, -0.15) is 26.3 Å². The third kappa shape index (κ3) is 6.60. The molecule has 0 aliphatic heterocycles. The van der Waals surface area contributed by atoms with E-state index in [1.807, 2.05) is 0 Å². The molecule has 0 aromatic heterocycles. The lowest BCUT2D eigenvalue weighted by molar-refractivity contribution is -0.148. The summed E-state index contributed by atoms with van der Waals surface area (Å²) < 4.78 is 108. The Morgan fingerprint density at radius 2 is 1.36 bits per heavy atom. The number of benzene rings is 3. The first-order valence-electron chi connectivity index (χ1n) is 10.5. The maximum atomic E-state index is 14.5. The Labute approximate surface area is 200 Å². The minimum absolute atomic E-state index is 0.000892. The molecule has 3 rings (SSSR count). The van der Waals surface area contributed by atoms with Crippen LogP contribution in [0.15, 0.2) is 72.8 Å². The second kappa shape index (κ2) is 10.3. The van der Waals surface area contributed by atoms with E-state index in [9.17, 15) is 39.9 Å². The number of halogens is 8. The van der Waals surface area contributed by atoms with Crippen molar-refractivity contribution < 1.29 is 39.9 Å². The molecule has 0 heterocycles. The van der Waals surface area contributed by atoms with Crippen LogP contribution in [-0.4, -0.2) is 18.1 Å². The number of carbonyl (C=O) groups is 1. The fourth-order valence-corrected chi connectivity index (χ4v) is 3.84. The predicted molar refractivity (Wildman–Crippen MR) is 116 cm³/mol. The number of hydrogen-bond donors (Lipinski definition) is 2. The minimum atomic E-state index is -4.98. The molecule has 0 spiro atoms. The highest BCUT2D eigenvalue weighted by Crippen LogP contribution is 2.38. The highest BCUT2D eigenvalue weighted by molar-refractivity contribution is 5.83. The molecule has 3 N–H and O–H groups in total. The van der Waals surface area contributed by atoms with Crippen molar-refractivity contribution in [2.24, 2.45) is 5.73 Å². The zero-order valence-electron chi connectivity index (χ0n) is 18.4. The summed E-state index contributed by atoms with van der Waals surface area (Å²) in [5, 5.41) is 2.34. The molecule has 2 unspecified atom stereocenters. The molecule has 11 heteroatoms. The fourth-order valence-electron chi connectivity index (χ4n) is 3.84. The van der Waals surface area contributed by atoms with E-state index in [4.69, 9.17) is 5.73 Å². The van der Waals surface area contributed by atoms with Crippen LogP contribution in [0.2, 0.25) is 0 Å². The molecule has 0 saturated heterocycles. The van der Waals surface area contributed by atoms with Crippen molar-refractivity contribution in [3.05, 3.63) is 107 Å².